The third kappa shape index (κ3) is 1.69. The molecule has 1 heterocycles. The van der Waals surface area contributed by atoms with Crippen molar-refractivity contribution < 1.29 is 14.7 Å². The Morgan fingerprint density at radius 1 is 0.950 bits per heavy atom. The molecule has 2 amide bonds. The first-order valence-corrected chi connectivity index (χ1v) is 6.36. The van der Waals surface area contributed by atoms with Crippen molar-refractivity contribution in [1.29, 1.82) is 0 Å². The van der Waals surface area contributed by atoms with Crippen LogP contribution in [0, 0.1) is 0 Å². The molecule has 4 heteroatoms. The predicted octanol–water partition coefficient (Wildman–Crippen LogP) is 2.75. The van der Waals surface area contributed by atoms with Crippen LogP contribution in [0.2, 0.25) is 0 Å². The molecule has 0 saturated heterocycles. The van der Waals surface area contributed by atoms with E-state index >= 15 is 0 Å². The third-order valence-electron chi connectivity index (χ3n) is 3.59. The van der Waals surface area contributed by atoms with Crippen LogP contribution in [0.25, 0.3) is 0 Å². The molecule has 0 bridgehead atoms. The van der Waals surface area contributed by atoms with Crippen LogP contribution < -0.4 is 0 Å². The first-order valence-electron chi connectivity index (χ1n) is 6.36. The number of imide groups is 1. The molecule has 1 N–H and O–H groups in total. The van der Waals surface area contributed by atoms with Crippen molar-refractivity contribution in [2.24, 2.45) is 0 Å². The second kappa shape index (κ2) is 4.49. The first kappa shape index (κ1) is 12.4. The van der Waals surface area contributed by atoms with E-state index in [0.29, 0.717) is 0 Å². The van der Waals surface area contributed by atoms with Gasteiger partial charge in [0.15, 0.2) is 0 Å². The lowest BCUT2D eigenvalue weighted by Crippen LogP contribution is -2.32. The van der Waals surface area contributed by atoms with Crippen molar-refractivity contribution in [3.63, 3.8) is 0 Å². The molecule has 20 heavy (non-hydrogen) atoms. The molecule has 0 aliphatic carbocycles. The number of phenols is 1. The molecular weight excluding hydrogens is 254 g/mol. The quantitative estimate of drug-likeness (QED) is 0.851. The topological polar surface area (TPSA) is 57.6 Å². The SMILES string of the molecule is CC(c1ccccc1)N1C(=O)c2cccc(O)c2C1=O. The normalized spacial score (nSPS) is 15.3. The largest absolute Gasteiger partial charge is 0.507 e. The zero-order valence-electron chi connectivity index (χ0n) is 10.9. The Morgan fingerprint density at radius 3 is 2.30 bits per heavy atom. The maximum Gasteiger partial charge on any atom is 0.265 e. The molecule has 0 spiro atoms. The van der Waals surface area contributed by atoms with Crippen LogP contribution >= 0.6 is 0 Å². The lowest BCUT2D eigenvalue weighted by atomic mass is 10.1. The van der Waals surface area contributed by atoms with Crippen molar-refractivity contribution in [2.75, 3.05) is 0 Å². The standard InChI is InChI=1S/C16H13NO3/c1-10(11-6-3-2-4-7-11)17-15(19)12-8-5-9-13(18)14(12)16(17)20/h2-10,18H,1H3. The molecule has 100 valence electrons. The fourth-order valence-electron chi connectivity index (χ4n) is 2.52. The Kier molecular flexibility index (Phi) is 2.79. The van der Waals surface area contributed by atoms with E-state index < -0.39 is 5.91 Å². The van der Waals surface area contributed by atoms with E-state index in [1.807, 2.05) is 30.3 Å². The minimum absolute atomic E-state index is 0.0975. The Morgan fingerprint density at radius 2 is 1.65 bits per heavy atom. The van der Waals surface area contributed by atoms with Gasteiger partial charge in [-0.1, -0.05) is 36.4 Å². The molecule has 1 unspecified atom stereocenters. The van der Waals surface area contributed by atoms with Crippen molar-refractivity contribution in [3.05, 3.63) is 65.2 Å². The summed E-state index contributed by atoms with van der Waals surface area (Å²) >= 11 is 0. The lowest BCUT2D eigenvalue weighted by Gasteiger charge is -2.22. The van der Waals surface area contributed by atoms with E-state index in [1.165, 1.54) is 11.0 Å². The van der Waals surface area contributed by atoms with Crippen LogP contribution in [-0.4, -0.2) is 21.8 Å². The van der Waals surface area contributed by atoms with Gasteiger partial charge in [-0.3, -0.25) is 14.5 Å². The van der Waals surface area contributed by atoms with E-state index in [4.69, 9.17) is 0 Å². The lowest BCUT2D eigenvalue weighted by molar-refractivity contribution is 0.0594. The first-order chi connectivity index (χ1) is 9.61. The van der Waals surface area contributed by atoms with E-state index in [9.17, 15) is 14.7 Å². The summed E-state index contributed by atoms with van der Waals surface area (Å²) in [5, 5.41) is 9.79. The molecule has 2 aromatic carbocycles. The minimum Gasteiger partial charge on any atom is -0.507 e. The number of benzene rings is 2. The van der Waals surface area contributed by atoms with E-state index in [-0.39, 0.29) is 28.8 Å². The summed E-state index contributed by atoms with van der Waals surface area (Å²) in [5.74, 6) is -0.958. The van der Waals surface area contributed by atoms with Crippen molar-refractivity contribution in [2.45, 2.75) is 13.0 Å². The second-order valence-electron chi connectivity index (χ2n) is 4.77. The number of phenolic OH excluding ortho intramolecular Hbond substituents is 1. The van der Waals surface area contributed by atoms with Crippen LogP contribution in [0.4, 0.5) is 0 Å². The van der Waals surface area contributed by atoms with Crippen molar-refractivity contribution in [1.82, 2.24) is 4.90 Å². The van der Waals surface area contributed by atoms with Gasteiger partial charge < -0.3 is 5.11 Å². The van der Waals surface area contributed by atoms with Gasteiger partial charge in [-0.05, 0) is 24.6 Å². The Hall–Kier alpha value is -2.62. The number of fused-ring (bicyclic) bond motifs is 1. The van der Waals surface area contributed by atoms with Crippen molar-refractivity contribution in [3.8, 4) is 5.75 Å². The highest BCUT2D eigenvalue weighted by Gasteiger charge is 2.40. The Labute approximate surface area is 116 Å². The number of carbonyl (C=O) groups is 2. The van der Waals surface area contributed by atoms with Gasteiger partial charge in [0.1, 0.15) is 5.75 Å². The van der Waals surface area contributed by atoms with Crippen LogP contribution in [0.15, 0.2) is 48.5 Å². The summed E-state index contributed by atoms with van der Waals surface area (Å²) in [4.78, 5) is 26.0. The fraction of sp³-hybridized carbons (Fsp3) is 0.125. The summed E-state index contributed by atoms with van der Waals surface area (Å²) < 4.78 is 0. The monoisotopic (exact) mass is 267 g/mol. The highest BCUT2D eigenvalue weighted by atomic mass is 16.3. The molecule has 1 aliphatic heterocycles. The van der Waals surface area contributed by atoms with Crippen LogP contribution in [0.5, 0.6) is 5.75 Å². The van der Waals surface area contributed by atoms with Crippen LogP contribution in [0.3, 0.4) is 0 Å². The summed E-state index contributed by atoms with van der Waals surface area (Å²) in [6.07, 6.45) is 0. The second-order valence-corrected chi connectivity index (χ2v) is 4.77. The van der Waals surface area contributed by atoms with Gasteiger partial charge in [0.25, 0.3) is 11.8 Å². The summed E-state index contributed by atoms with van der Waals surface area (Å²) in [7, 11) is 0. The maximum atomic E-state index is 12.4. The predicted molar refractivity (Wildman–Crippen MR) is 73.5 cm³/mol. The molecule has 0 saturated carbocycles. The smallest absolute Gasteiger partial charge is 0.265 e. The van der Waals surface area contributed by atoms with Crippen LogP contribution in [-0.2, 0) is 0 Å². The van der Waals surface area contributed by atoms with Gasteiger partial charge in [0, 0.05) is 0 Å². The molecule has 3 rings (SSSR count). The van der Waals surface area contributed by atoms with E-state index in [2.05, 4.69) is 0 Å². The molecule has 2 aromatic rings. The Balaban J connectivity index is 2.04. The highest BCUT2D eigenvalue weighted by molar-refractivity contribution is 6.22. The number of amides is 2. The number of rotatable bonds is 2. The van der Waals surface area contributed by atoms with Gasteiger partial charge in [-0.2, -0.15) is 0 Å². The van der Waals surface area contributed by atoms with Crippen LogP contribution in [0.1, 0.15) is 39.2 Å². The van der Waals surface area contributed by atoms with E-state index in [0.717, 1.165) is 5.56 Å². The zero-order chi connectivity index (χ0) is 14.3. The molecule has 0 aromatic heterocycles. The van der Waals surface area contributed by atoms with Gasteiger partial charge >= 0.3 is 0 Å². The maximum absolute atomic E-state index is 12.4. The van der Waals surface area contributed by atoms with Gasteiger partial charge in [0.2, 0.25) is 0 Å². The number of carbonyl (C=O) groups excluding carboxylic acids is 2. The van der Waals surface area contributed by atoms with Crippen molar-refractivity contribution >= 4 is 11.8 Å². The number of hydrogen-bond donors (Lipinski definition) is 1. The zero-order valence-corrected chi connectivity index (χ0v) is 10.9. The molecule has 0 fully saturated rings. The average Bonchev–Trinajstić information content (AvgIpc) is 2.72. The average molecular weight is 267 g/mol. The van der Waals surface area contributed by atoms with Gasteiger partial charge in [-0.25, -0.2) is 0 Å². The fourth-order valence-corrected chi connectivity index (χ4v) is 2.52. The van der Waals surface area contributed by atoms with Gasteiger partial charge in [-0.15, -0.1) is 0 Å². The third-order valence-corrected chi connectivity index (χ3v) is 3.59. The molecule has 4 nitrogen and oxygen atoms in total. The number of hydrogen-bond acceptors (Lipinski definition) is 3. The highest BCUT2D eigenvalue weighted by Crippen LogP contribution is 2.35. The van der Waals surface area contributed by atoms with Gasteiger partial charge in [0.05, 0.1) is 17.2 Å². The molecule has 0 radical (unpaired) electrons. The molecule has 1 atom stereocenters. The minimum atomic E-state index is -0.445. The summed E-state index contributed by atoms with van der Waals surface area (Å²) in [6.45, 7) is 1.80. The number of nitrogens with zero attached hydrogens (tertiary/aromatic N) is 1. The Bertz CT molecular complexity index is 694. The summed E-state index contributed by atoms with van der Waals surface area (Å²) in [5.41, 5.74) is 1.24. The molecule has 1 aliphatic rings. The van der Waals surface area contributed by atoms with E-state index in [1.54, 1.807) is 19.1 Å². The summed E-state index contributed by atoms with van der Waals surface area (Å²) in [6, 6.07) is 13.5. The number of aromatic hydroxyl groups is 1. The molecular formula is C16H13NO3.